The van der Waals surface area contributed by atoms with E-state index in [0.717, 1.165) is 0 Å². The van der Waals surface area contributed by atoms with Gasteiger partial charge < -0.3 is 0 Å². The third kappa shape index (κ3) is 2.73. The summed E-state index contributed by atoms with van der Waals surface area (Å²) in [6.45, 7) is 6.66. The van der Waals surface area contributed by atoms with E-state index in [4.69, 9.17) is 0 Å². The topological polar surface area (TPSA) is 0 Å². The summed E-state index contributed by atoms with van der Waals surface area (Å²) < 4.78 is 0. The Labute approximate surface area is 81.3 Å². The maximum Gasteiger partial charge on any atom is -0.0228 e. The van der Waals surface area contributed by atoms with E-state index in [1.165, 1.54) is 29.6 Å². The molecular formula is C13H18. The first-order valence-electron chi connectivity index (χ1n) is 4.97. The molecule has 0 amide bonds. The zero-order chi connectivity index (χ0) is 9.68. The van der Waals surface area contributed by atoms with Gasteiger partial charge in [0.05, 0.1) is 0 Å². The van der Waals surface area contributed by atoms with Crippen molar-refractivity contribution in [1.82, 2.24) is 0 Å². The van der Waals surface area contributed by atoms with Gasteiger partial charge in [0.1, 0.15) is 0 Å². The fourth-order valence-corrected chi connectivity index (χ4v) is 1.50. The zero-order valence-corrected chi connectivity index (χ0v) is 8.80. The first-order valence-corrected chi connectivity index (χ1v) is 4.97. The molecule has 0 nitrogen and oxygen atoms in total. The predicted molar refractivity (Wildman–Crippen MR) is 59.6 cm³/mol. The van der Waals surface area contributed by atoms with Crippen LogP contribution in [0, 0.1) is 0 Å². The van der Waals surface area contributed by atoms with Crippen LogP contribution < -0.4 is 0 Å². The van der Waals surface area contributed by atoms with Crippen LogP contribution in [-0.2, 0) is 0 Å². The van der Waals surface area contributed by atoms with E-state index in [-0.39, 0.29) is 0 Å². The van der Waals surface area contributed by atoms with Gasteiger partial charge >= 0.3 is 0 Å². The summed E-state index contributed by atoms with van der Waals surface area (Å²) in [5.41, 5.74) is 4.30. The fraction of sp³-hybridized carbons (Fsp3) is 0.385. The molecule has 0 heterocycles. The van der Waals surface area contributed by atoms with Crippen LogP contribution in [0.5, 0.6) is 0 Å². The Hall–Kier alpha value is -1.04. The Morgan fingerprint density at radius 2 is 1.69 bits per heavy atom. The van der Waals surface area contributed by atoms with Gasteiger partial charge in [0, 0.05) is 0 Å². The Bertz CT molecular complexity index is 280. The van der Waals surface area contributed by atoms with Gasteiger partial charge in [0.25, 0.3) is 0 Å². The van der Waals surface area contributed by atoms with E-state index in [2.05, 4.69) is 51.1 Å². The van der Waals surface area contributed by atoms with Crippen LogP contribution in [-0.4, -0.2) is 0 Å². The second-order valence-electron chi connectivity index (χ2n) is 3.52. The SMILES string of the molecule is CCC/C(C)=C(\C)c1ccccc1. The Balaban J connectivity index is 2.89. The highest BCUT2D eigenvalue weighted by atomic mass is 14.0. The number of hydrogen-bond acceptors (Lipinski definition) is 0. The second-order valence-corrected chi connectivity index (χ2v) is 3.52. The smallest absolute Gasteiger partial charge is 0.0228 e. The number of hydrogen-bond donors (Lipinski definition) is 0. The van der Waals surface area contributed by atoms with Gasteiger partial charge in [0.15, 0.2) is 0 Å². The molecule has 0 saturated carbocycles. The third-order valence-corrected chi connectivity index (χ3v) is 2.47. The molecule has 70 valence electrons. The van der Waals surface area contributed by atoms with Gasteiger partial charge in [-0.05, 0) is 31.4 Å². The van der Waals surface area contributed by atoms with Crippen molar-refractivity contribution < 1.29 is 0 Å². The van der Waals surface area contributed by atoms with E-state index >= 15 is 0 Å². The van der Waals surface area contributed by atoms with Gasteiger partial charge in [-0.25, -0.2) is 0 Å². The van der Waals surface area contributed by atoms with Crippen molar-refractivity contribution in [2.45, 2.75) is 33.6 Å². The maximum absolute atomic E-state index is 2.23. The van der Waals surface area contributed by atoms with Crippen LogP contribution in [0.3, 0.4) is 0 Å². The van der Waals surface area contributed by atoms with Crippen molar-refractivity contribution in [2.75, 3.05) is 0 Å². The van der Waals surface area contributed by atoms with Crippen molar-refractivity contribution in [3.8, 4) is 0 Å². The molecule has 1 aromatic carbocycles. The monoisotopic (exact) mass is 174 g/mol. The van der Waals surface area contributed by atoms with E-state index in [9.17, 15) is 0 Å². The van der Waals surface area contributed by atoms with Crippen molar-refractivity contribution in [3.05, 3.63) is 41.5 Å². The van der Waals surface area contributed by atoms with Crippen LogP contribution in [0.2, 0.25) is 0 Å². The van der Waals surface area contributed by atoms with Gasteiger partial charge in [-0.2, -0.15) is 0 Å². The fourth-order valence-electron chi connectivity index (χ4n) is 1.50. The van der Waals surface area contributed by atoms with Crippen LogP contribution in [0.15, 0.2) is 35.9 Å². The van der Waals surface area contributed by atoms with Crippen LogP contribution in [0.4, 0.5) is 0 Å². The lowest BCUT2D eigenvalue weighted by Crippen LogP contribution is -1.84. The molecule has 0 unspecified atom stereocenters. The average Bonchev–Trinajstić information content (AvgIpc) is 2.18. The van der Waals surface area contributed by atoms with Gasteiger partial charge in [-0.1, -0.05) is 49.2 Å². The van der Waals surface area contributed by atoms with Gasteiger partial charge in [-0.15, -0.1) is 0 Å². The minimum absolute atomic E-state index is 1.21. The van der Waals surface area contributed by atoms with Crippen molar-refractivity contribution in [1.29, 1.82) is 0 Å². The van der Waals surface area contributed by atoms with Crippen molar-refractivity contribution in [3.63, 3.8) is 0 Å². The average molecular weight is 174 g/mol. The standard InChI is InChI=1S/C13H18/c1-4-8-11(2)12(3)13-9-6-5-7-10-13/h5-7,9-10H,4,8H2,1-3H3/b12-11+. The van der Waals surface area contributed by atoms with E-state index in [1.807, 2.05) is 0 Å². The summed E-state index contributed by atoms with van der Waals surface area (Å²) in [4.78, 5) is 0. The van der Waals surface area contributed by atoms with Crippen LogP contribution in [0.1, 0.15) is 39.2 Å². The molecule has 0 atom stereocenters. The largest absolute Gasteiger partial charge is 0.0698 e. The molecule has 0 spiro atoms. The van der Waals surface area contributed by atoms with Gasteiger partial charge in [-0.3, -0.25) is 0 Å². The molecule has 0 heteroatoms. The molecule has 13 heavy (non-hydrogen) atoms. The molecule has 0 fully saturated rings. The van der Waals surface area contributed by atoms with E-state index in [1.54, 1.807) is 0 Å². The number of allylic oxidation sites excluding steroid dienone is 2. The van der Waals surface area contributed by atoms with E-state index in [0.29, 0.717) is 0 Å². The van der Waals surface area contributed by atoms with Crippen LogP contribution in [0.25, 0.3) is 5.57 Å². The molecule has 0 aliphatic heterocycles. The molecule has 0 N–H and O–H groups in total. The minimum atomic E-state index is 1.21. The predicted octanol–water partition coefficient (Wildman–Crippen LogP) is 4.28. The summed E-state index contributed by atoms with van der Waals surface area (Å²) in [6.07, 6.45) is 2.44. The molecule has 0 radical (unpaired) electrons. The highest BCUT2D eigenvalue weighted by molar-refractivity contribution is 5.66. The summed E-state index contributed by atoms with van der Waals surface area (Å²) in [6, 6.07) is 10.6. The molecule has 1 rings (SSSR count). The summed E-state index contributed by atoms with van der Waals surface area (Å²) in [7, 11) is 0. The molecule has 0 bridgehead atoms. The summed E-state index contributed by atoms with van der Waals surface area (Å²) in [5.74, 6) is 0. The molecule has 1 aromatic rings. The third-order valence-electron chi connectivity index (χ3n) is 2.47. The van der Waals surface area contributed by atoms with Crippen LogP contribution >= 0.6 is 0 Å². The summed E-state index contributed by atoms with van der Waals surface area (Å²) in [5, 5.41) is 0. The molecule has 0 aromatic heterocycles. The highest BCUT2D eigenvalue weighted by Crippen LogP contribution is 2.20. The molecule has 0 aliphatic carbocycles. The number of benzene rings is 1. The summed E-state index contributed by atoms with van der Waals surface area (Å²) >= 11 is 0. The molecular weight excluding hydrogens is 156 g/mol. The minimum Gasteiger partial charge on any atom is -0.0698 e. The van der Waals surface area contributed by atoms with E-state index < -0.39 is 0 Å². The lowest BCUT2D eigenvalue weighted by Gasteiger charge is -2.06. The molecule has 0 aliphatic rings. The quantitative estimate of drug-likeness (QED) is 0.641. The van der Waals surface area contributed by atoms with Gasteiger partial charge in [0.2, 0.25) is 0 Å². The number of rotatable bonds is 3. The lowest BCUT2D eigenvalue weighted by atomic mass is 10.00. The highest BCUT2D eigenvalue weighted by Gasteiger charge is 1.98. The molecule has 0 saturated heterocycles. The Kier molecular flexibility index (Phi) is 3.75. The normalized spacial score (nSPS) is 12.5. The Morgan fingerprint density at radius 1 is 1.08 bits per heavy atom. The van der Waals surface area contributed by atoms with Crippen molar-refractivity contribution >= 4 is 5.57 Å². The lowest BCUT2D eigenvalue weighted by molar-refractivity contribution is 0.906. The first-order chi connectivity index (χ1) is 6.25. The second kappa shape index (κ2) is 4.86. The zero-order valence-electron chi connectivity index (χ0n) is 8.80. The first kappa shape index (κ1) is 10.0. The maximum atomic E-state index is 2.23. The Morgan fingerprint density at radius 3 is 2.23 bits per heavy atom. The van der Waals surface area contributed by atoms with Crippen molar-refractivity contribution in [2.24, 2.45) is 0 Å².